The lowest BCUT2D eigenvalue weighted by molar-refractivity contribution is -0.138. The first-order valence-corrected chi connectivity index (χ1v) is 14.5. The fourth-order valence-electron chi connectivity index (χ4n) is 4.63. The van der Waals surface area contributed by atoms with E-state index in [-0.39, 0.29) is 22.9 Å². The van der Waals surface area contributed by atoms with Crippen molar-refractivity contribution in [3.8, 4) is 0 Å². The molecular weight excluding hydrogens is 569 g/mol. The van der Waals surface area contributed by atoms with Gasteiger partial charge in [0.2, 0.25) is 5.91 Å². The molecule has 1 aliphatic rings. The molecular formula is C25H29Cl2F4N3O3S. The minimum Gasteiger partial charge on any atom is -0.351 e. The van der Waals surface area contributed by atoms with E-state index in [0.717, 1.165) is 6.07 Å². The number of carbonyl (C=O) groups excluding carboxylic acids is 1. The van der Waals surface area contributed by atoms with E-state index in [1.54, 1.807) is 13.0 Å². The second kappa shape index (κ2) is 11.7. The number of halogens is 6. The fraction of sp³-hybridized carbons (Fsp3) is 0.480. The van der Waals surface area contributed by atoms with Crippen molar-refractivity contribution >= 4 is 38.9 Å². The van der Waals surface area contributed by atoms with E-state index in [4.69, 9.17) is 28.9 Å². The molecule has 13 heteroatoms. The summed E-state index contributed by atoms with van der Waals surface area (Å²) < 4.78 is 77.9. The molecule has 3 unspecified atom stereocenters. The topological polar surface area (TPSA) is 92.5 Å². The number of sulfone groups is 1. The normalized spacial score (nSPS) is 20.7. The van der Waals surface area contributed by atoms with Crippen molar-refractivity contribution < 1.29 is 30.8 Å². The van der Waals surface area contributed by atoms with E-state index in [9.17, 15) is 30.8 Å². The Labute approximate surface area is 229 Å². The Morgan fingerprint density at radius 2 is 1.84 bits per heavy atom. The van der Waals surface area contributed by atoms with E-state index in [0.29, 0.717) is 37.2 Å². The molecule has 0 bridgehead atoms. The van der Waals surface area contributed by atoms with Crippen molar-refractivity contribution in [2.24, 2.45) is 5.73 Å². The molecule has 0 aromatic heterocycles. The average molecular weight is 598 g/mol. The summed E-state index contributed by atoms with van der Waals surface area (Å²) in [4.78, 5) is 15.4. The Bertz CT molecular complexity index is 1290. The maximum atomic E-state index is 13.7. The highest BCUT2D eigenvalue weighted by Gasteiger charge is 2.39. The Hall–Kier alpha value is -1.92. The number of nitrogens with zero attached hydrogens (tertiary/aromatic N) is 1. The standard InChI is InChI=1S/C25H29Cl2F4N3O3S/c1-24(16-3-6-20(26)21(27)12-16,8-10-34-9-7-18(13-22(34)32)38(2,36)37)23(35)33-14-15-11-17(28)4-5-19(15)25(29,30)31/h3-6,11-12,18,22H,7-10,13-14,32H2,1-2H3,(H,33,35). The second-order valence-electron chi connectivity index (χ2n) is 9.77. The van der Waals surface area contributed by atoms with Crippen LogP contribution in [-0.4, -0.2) is 50.0 Å². The van der Waals surface area contributed by atoms with Crippen molar-refractivity contribution in [3.63, 3.8) is 0 Å². The van der Waals surface area contributed by atoms with E-state index in [1.165, 1.54) is 18.4 Å². The molecule has 3 atom stereocenters. The van der Waals surface area contributed by atoms with Crippen LogP contribution < -0.4 is 11.1 Å². The van der Waals surface area contributed by atoms with Gasteiger partial charge < -0.3 is 11.1 Å². The van der Waals surface area contributed by atoms with Gasteiger partial charge in [0.1, 0.15) is 15.7 Å². The van der Waals surface area contributed by atoms with E-state index >= 15 is 0 Å². The summed E-state index contributed by atoms with van der Waals surface area (Å²) >= 11 is 12.2. The monoisotopic (exact) mass is 597 g/mol. The summed E-state index contributed by atoms with van der Waals surface area (Å²) in [6.07, 6.45) is -3.28. The van der Waals surface area contributed by atoms with Crippen LogP contribution in [0.4, 0.5) is 17.6 Å². The van der Waals surface area contributed by atoms with Crippen molar-refractivity contribution in [3.05, 3.63) is 69.0 Å². The summed E-state index contributed by atoms with van der Waals surface area (Å²) in [6, 6.07) is 6.73. The number of piperidine rings is 1. The van der Waals surface area contributed by atoms with E-state index < -0.39 is 62.2 Å². The molecule has 0 spiro atoms. The van der Waals surface area contributed by atoms with Gasteiger partial charge in [-0.2, -0.15) is 13.2 Å². The van der Waals surface area contributed by atoms with Crippen LogP contribution in [-0.2, 0) is 32.8 Å². The first kappa shape index (κ1) is 30.6. The molecule has 1 heterocycles. The number of carbonyl (C=O) groups is 1. The van der Waals surface area contributed by atoms with Crippen molar-refractivity contribution in [2.45, 2.75) is 55.7 Å². The Kier molecular flexibility index (Phi) is 9.41. The van der Waals surface area contributed by atoms with Crippen LogP contribution in [0.15, 0.2) is 36.4 Å². The molecule has 0 aliphatic carbocycles. The van der Waals surface area contributed by atoms with Gasteiger partial charge in [-0.25, -0.2) is 12.8 Å². The molecule has 1 fully saturated rings. The zero-order valence-corrected chi connectivity index (χ0v) is 23.1. The minimum atomic E-state index is -4.73. The third kappa shape index (κ3) is 7.18. The number of amides is 1. The van der Waals surface area contributed by atoms with Crippen LogP contribution in [0.1, 0.15) is 42.9 Å². The number of likely N-dealkylation sites (tertiary alicyclic amines) is 1. The van der Waals surface area contributed by atoms with Crippen LogP contribution in [0.25, 0.3) is 0 Å². The first-order chi connectivity index (χ1) is 17.5. The summed E-state index contributed by atoms with van der Waals surface area (Å²) in [7, 11) is -3.25. The van der Waals surface area contributed by atoms with Gasteiger partial charge in [-0.05, 0) is 67.6 Å². The third-order valence-electron chi connectivity index (χ3n) is 7.09. The van der Waals surface area contributed by atoms with E-state index in [2.05, 4.69) is 5.32 Å². The lowest BCUT2D eigenvalue weighted by atomic mass is 9.78. The highest BCUT2D eigenvalue weighted by molar-refractivity contribution is 7.91. The Morgan fingerprint density at radius 3 is 2.42 bits per heavy atom. The molecule has 210 valence electrons. The molecule has 3 rings (SSSR count). The SMILES string of the molecule is CC(CCN1CCC(S(C)(=O)=O)CC1N)(C(=O)NCc1cc(F)ccc1C(F)(F)F)c1ccc(Cl)c(Cl)c1. The highest BCUT2D eigenvalue weighted by atomic mass is 35.5. The molecule has 1 aliphatic heterocycles. The van der Waals surface area contributed by atoms with Gasteiger partial charge in [0.15, 0.2) is 0 Å². The van der Waals surface area contributed by atoms with Crippen LogP contribution in [0, 0.1) is 5.82 Å². The average Bonchev–Trinajstić information content (AvgIpc) is 2.81. The van der Waals surface area contributed by atoms with Crippen molar-refractivity contribution in [1.29, 1.82) is 0 Å². The van der Waals surface area contributed by atoms with E-state index in [1.807, 2.05) is 4.90 Å². The lowest BCUT2D eigenvalue weighted by Crippen LogP contribution is -2.53. The molecule has 0 saturated carbocycles. The number of benzene rings is 2. The molecule has 6 nitrogen and oxygen atoms in total. The molecule has 0 radical (unpaired) electrons. The number of hydrogen-bond acceptors (Lipinski definition) is 5. The van der Waals surface area contributed by atoms with Gasteiger partial charge in [0.25, 0.3) is 0 Å². The predicted molar refractivity (Wildman–Crippen MR) is 139 cm³/mol. The van der Waals surface area contributed by atoms with Crippen LogP contribution in [0.3, 0.4) is 0 Å². The summed E-state index contributed by atoms with van der Waals surface area (Å²) in [5, 5.41) is 2.43. The maximum absolute atomic E-state index is 13.7. The largest absolute Gasteiger partial charge is 0.416 e. The number of hydrogen-bond donors (Lipinski definition) is 2. The van der Waals surface area contributed by atoms with Gasteiger partial charge in [-0.1, -0.05) is 29.3 Å². The predicted octanol–water partition coefficient (Wildman–Crippen LogP) is 4.91. The molecule has 38 heavy (non-hydrogen) atoms. The quantitative estimate of drug-likeness (QED) is 0.422. The molecule has 1 saturated heterocycles. The number of nitrogens with one attached hydrogen (secondary N) is 1. The summed E-state index contributed by atoms with van der Waals surface area (Å²) in [6.45, 7) is 1.76. The fourth-order valence-corrected chi connectivity index (χ4v) is 6.01. The smallest absolute Gasteiger partial charge is 0.351 e. The van der Waals surface area contributed by atoms with Gasteiger partial charge >= 0.3 is 6.18 Å². The van der Waals surface area contributed by atoms with Gasteiger partial charge in [0, 0.05) is 25.9 Å². The van der Waals surface area contributed by atoms with Crippen LogP contribution in [0.2, 0.25) is 10.0 Å². The summed E-state index contributed by atoms with van der Waals surface area (Å²) in [5.74, 6) is -1.46. The molecule has 3 N–H and O–H groups in total. The minimum absolute atomic E-state index is 0.184. The van der Waals surface area contributed by atoms with Crippen molar-refractivity contribution in [1.82, 2.24) is 10.2 Å². The first-order valence-electron chi connectivity index (χ1n) is 11.8. The molecule has 2 aromatic carbocycles. The lowest BCUT2D eigenvalue weighted by Gasteiger charge is -2.39. The zero-order chi connectivity index (χ0) is 28.5. The number of nitrogens with two attached hydrogens (primary N) is 1. The Morgan fingerprint density at radius 1 is 1.16 bits per heavy atom. The second-order valence-corrected chi connectivity index (χ2v) is 12.9. The number of rotatable bonds is 8. The third-order valence-corrected chi connectivity index (χ3v) is 9.46. The van der Waals surface area contributed by atoms with Crippen LogP contribution >= 0.6 is 23.2 Å². The molecule has 2 aromatic rings. The van der Waals surface area contributed by atoms with Gasteiger partial charge in [0.05, 0.1) is 32.4 Å². The number of alkyl halides is 3. The highest BCUT2D eigenvalue weighted by Crippen LogP contribution is 2.35. The summed E-state index contributed by atoms with van der Waals surface area (Å²) in [5.41, 5.74) is 3.97. The van der Waals surface area contributed by atoms with Crippen LogP contribution in [0.5, 0.6) is 0 Å². The zero-order valence-electron chi connectivity index (χ0n) is 20.8. The maximum Gasteiger partial charge on any atom is 0.416 e. The van der Waals surface area contributed by atoms with Gasteiger partial charge in [-0.15, -0.1) is 0 Å². The van der Waals surface area contributed by atoms with Crippen molar-refractivity contribution in [2.75, 3.05) is 19.3 Å². The Balaban J connectivity index is 1.84. The molecule has 1 amide bonds. The van der Waals surface area contributed by atoms with Gasteiger partial charge in [-0.3, -0.25) is 9.69 Å².